The molecule has 1 aliphatic carbocycles. The van der Waals surface area contributed by atoms with E-state index in [2.05, 4.69) is 0 Å². The van der Waals surface area contributed by atoms with E-state index >= 15 is 0 Å². The molecule has 0 heterocycles. The fourth-order valence-corrected chi connectivity index (χ4v) is 5.44. The van der Waals surface area contributed by atoms with Crippen molar-refractivity contribution in [3.63, 3.8) is 0 Å². The largest absolute Gasteiger partial charge is 0.466 e. The van der Waals surface area contributed by atoms with Crippen LogP contribution < -0.4 is 0 Å². The third-order valence-electron chi connectivity index (χ3n) is 4.73. The van der Waals surface area contributed by atoms with E-state index < -0.39 is 14.6 Å². The molecular formula is C17H24O4S. The molecule has 1 aromatic carbocycles. The van der Waals surface area contributed by atoms with Gasteiger partial charge in [0.15, 0.2) is 9.84 Å². The number of hydrogen-bond acceptors (Lipinski definition) is 4. The molecule has 4 nitrogen and oxygen atoms in total. The van der Waals surface area contributed by atoms with Crippen molar-refractivity contribution in [3.05, 3.63) is 30.3 Å². The molecule has 122 valence electrons. The lowest BCUT2D eigenvalue weighted by atomic mass is 9.78. The molecule has 1 aliphatic rings. The van der Waals surface area contributed by atoms with Gasteiger partial charge in [-0.2, -0.15) is 0 Å². The van der Waals surface area contributed by atoms with Crippen molar-refractivity contribution >= 4 is 15.8 Å². The Morgan fingerprint density at radius 3 is 2.59 bits per heavy atom. The van der Waals surface area contributed by atoms with Crippen molar-refractivity contribution in [1.29, 1.82) is 0 Å². The zero-order valence-corrected chi connectivity index (χ0v) is 14.1. The van der Waals surface area contributed by atoms with Crippen LogP contribution in [0.3, 0.4) is 0 Å². The number of carbonyl (C=O) groups is 1. The quantitative estimate of drug-likeness (QED) is 0.779. The van der Waals surface area contributed by atoms with Crippen molar-refractivity contribution in [2.24, 2.45) is 5.92 Å². The van der Waals surface area contributed by atoms with Gasteiger partial charge < -0.3 is 4.74 Å². The number of sulfone groups is 1. The predicted octanol–water partition coefficient (Wildman–Crippen LogP) is 3.36. The summed E-state index contributed by atoms with van der Waals surface area (Å²) >= 11 is 0. The number of carbonyl (C=O) groups excluding carboxylic acids is 1. The number of esters is 1. The first-order chi connectivity index (χ1) is 10.4. The maximum absolute atomic E-state index is 13.1. The van der Waals surface area contributed by atoms with Gasteiger partial charge >= 0.3 is 5.97 Å². The van der Waals surface area contributed by atoms with Crippen molar-refractivity contribution in [2.45, 2.75) is 55.6 Å². The molecular weight excluding hydrogens is 300 g/mol. The van der Waals surface area contributed by atoms with Gasteiger partial charge in [0.2, 0.25) is 0 Å². The Kier molecular flexibility index (Phi) is 5.27. The minimum absolute atomic E-state index is 0.177. The zero-order chi connectivity index (χ0) is 16.2. The van der Waals surface area contributed by atoms with E-state index in [-0.39, 0.29) is 18.3 Å². The highest BCUT2D eigenvalue weighted by atomic mass is 32.2. The van der Waals surface area contributed by atoms with Crippen LogP contribution in [0.1, 0.15) is 46.0 Å². The summed E-state index contributed by atoms with van der Waals surface area (Å²) in [6, 6.07) is 8.55. The maximum Gasteiger partial charge on any atom is 0.306 e. The molecule has 0 radical (unpaired) electrons. The molecule has 1 aromatic rings. The topological polar surface area (TPSA) is 60.4 Å². The van der Waals surface area contributed by atoms with E-state index in [0.717, 1.165) is 19.3 Å². The summed E-state index contributed by atoms with van der Waals surface area (Å²) in [5.41, 5.74) is 0. The second kappa shape index (κ2) is 6.82. The molecule has 0 saturated heterocycles. The summed E-state index contributed by atoms with van der Waals surface area (Å²) in [5.74, 6) is -0.491. The predicted molar refractivity (Wildman–Crippen MR) is 85.2 cm³/mol. The van der Waals surface area contributed by atoms with E-state index in [0.29, 0.717) is 17.9 Å². The first kappa shape index (κ1) is 17.0. The van der Waals surface area contributed by atoms with Crippen LogP contribution >= 0.6 is 0 Å². The van der Waals surface area contributed by atoms with E-state index in [4.69, 9.17) is 4.74 Å². The van der Waals surface area contributed by atoms with Gasteiger partial charge in [-0.15, -0.1) is 0 Å². The molecule has 1 saturated carbocycles. The van der Waals surface area contributed by atoms with E-state index in [1.807, 2.05) is 0 Å². The minimum atomic E-state index is -3.48. The Bertz CT molecular complexity index is 609. The van der Waals surface area contributed by atoms with Crippen LogP contribution in [0.2, 0.25) is 0 Å². The monoisotopic (exact) mass is 324 g/mol. The third-order valence-corrected chi connectivity index (χ3v) is 7.38. The lowest BCUT2D eigenvalue weighted by Gasteiger charge is -2.40. The maximum atomic E-state index is 13.1. The van der Waals surface area contributed by atoms with Gasteiger partial charge in [0, 0.05) is 6.42 Å². The summed E-state index contributed by atoms with van der Waals surface area (Å²) in [6.07, 6.45) is 3.36. The fourth-order valence-electron chi connectivity index (χ4n) is 3.34. The van der Waals surface area contributed by atoms with Crippen molar-refractivity contribution in [2.75, 3.05) is 6.61 Å². The Balaban J connectivity index is 2.33. The number of benzene rings is 1. The van der Waals surface area contributed by atoms with Gasteiger partial charge in [-0.25, -0.2) is 8.42 Å². The second-order valence-corrected chi connectivity index (χ2v) is 8.49. The van der Waals surface area contributed by atoms with Crippen LogP contribution in [0, 0.1) is 5.92 Å². The summed E-state index contributed by atoms with van der Waals surface area (Å²) in [4.78, 5) is 12.2. The average molecular weight is 324 g/mol. The Labute approximate surface area is 132 Å². The van der Waals surface area contributed by atoms with Crippen molar-refractivity contribution in [3.8, 4) is 0 Å². The van der Waals surface area contributed by atoms with Gasteiger partial charge in [-0.1, -0.05) is 31.0 Å². The average Bonchev–Trinajstić information content (AvgIpc) is 2.50. The Morgan fingerprint density at radius 2 is 1.95 bits per heavy atom. The van der Waals surface area contributed by atoms with Crippen molar-refractivity contribution in [1.82, 2.24) is 0 Å². The van der Waals surface area contributed by atoms with Crippen LogP contribution in [0.25, 0.3) is 0 Å². The normalized spacial score (nSPS) is 25.6. The van der Waals surface area contributed by atoms with Crippen LogP contribution in [0.5, 0.6) is 0 Å². The highest BCUT2D eigenvalue weighted by Gasteiger charge is 2.48. The van der Waals surface area contributed by atoms with Gasteiger partial charge in [0.25, 0.3) is 0 Å². The molecule has 0 unspecified atom stereocenters. The van der Waals surface area contributed by atoms with Gasteiger partial charge in [0.05, 0.1) is 16.2 Å². The summed E-state index contributed by atoms with van der Waals surface area (Å²) < 4.78 is 30.3. The molecule has 0 amide bonds. The number of rotatable bonds is 5. The summed E-state index contributed by atoms with van der Waals surface area (Å²) in [7, 11) is -3.48. The van der Waals surface area contributed by atoms with Gasteiger partial charge in [-0.3, -0.25) is 4.79 Å². The fraction of sp³-hybridized carbons (Fsp3) is 0.588. The summed E-state index contributed by atoms with van der Waals surface area (Å²) in [6.45, 7) is 3.88. The SMILES string of the molecule is CCOC(=O)C[C@@H]1CCCC[C@@]1(C)S(=O)(=O)c1ccccc1. The molecule has 5 heteroatoms. The van der Waals surface area contributed by atoms with Crippen molar-refractivity contribution < 1.29 is 17.9 Å². The molecule has 2 atom stereocenters. The summed E-state index contributed by atoms with van der Waals surface area (Å²) in [5, 5.41) is 0. The molecule has 0 aliphatic heterocycles. The van der Waals surface area contributed by atoms with Gasteiger partial charge in [-0.05, 0) is 44.7 Å². The Hall–Kier alpha value is -1.36. The number of hydrogen-bond donors (Lipinski definition) is 0. The van der Waals surface area contributed by atoms with E-state index in [1.165, 1.54) is 0 Å². The first-order valence-electron chi connectivity index (χ1n) is 7.87. The molecule has 1 fully saturated rings. The van der Waals surface area contributed by atoms with Crippen LogP contribution in [0.15, 0.2) is 35.2 Å². The van der Waals surface area contributed by atoms with E-state index in [9.17, 15) is 13.2 Å². The van der Waals surface area contributed by atoms with Gasteiger partial charge in [0.1, 0.15) is 0 Å². The lowest BCUT2D eigenvalue weighted by molar-refractivity contribution is -0.144. The van der Waals surface area contributed by atoms with Crippen LogP contribution in [-0.2, 0) is 19.4 Å². The zero-order valence-electron chi connectivity index (χ0n) is 13.2. The van der Waals surface area contributed by atoms with E-state index in [1.54, 1.807) is 44.2 Å². The van der Waals surface area contributed by atoms with Crippen LogP contribution in [0.4, 0.5) is 0 Å². The molecule has 0 N–H and O–H groups in total. The second-order valence-electron chi connectivity index (χ2n) is 6.08. The molecule has 0 spiro atoms. The molecule has 0 aromatic heterocycles. The lowest BCUT2D eigenvalue weighted by Crippen LogP contribution is -2.46. The van der Waals surface area contributed by atoms with Crippen LogP contribution in [-0.4, -0.2) is 25.7 Å². The Morgan fingerprint density at radius 1 is 1.27 bits per heavy atom. The first-order valence-corrected chi connectivity index (χ1v) is 9.35. The molecule has 2 rings (SSSR count). The molecule has 0 bridgehead atoms. The third kappa shape index (κ3) is 3.19. The number of ether oxygens (including phenoxy) is 1. The smallest absolute Gasteiger partial charge is 0.306 e. The minimum Gasteiger partial charge on any atom is -0.466 e. The highest BCUT2D eigenvalue weighted by molar-refractivity contribution is 7.92. The highest BCUT2D eigenvalue weighted by Crippen LogP contribution is 2.44. The molecule has 22 heavy (non-hydrogen) atoms. The standard InChI is InChI=1S/C17H24O4S/c1-3-21-16(18)13-14-9-7-8-12-17(14,2)22(19,20)15-10-5-4-6-11-15/h4-6,10-11,14H,3,7-9,12-13H2,1-2H3/t14-,17+/m0/s1.